The first-order valence-electron chi connectivity index (χ1n) is 15.3. The van der Waals surface area contributed by atoms with Gasteiger partial charge >= 0.3 is 0 Å². The van der Waals surface area contributed by atoms with Crippen LogP contribution in [0.3, 0.4) is 0 Å². The highest BCUT2D eigenvalue weighted by Crippen LogP contribution is 2.64. The first-order chi connectivity index (χ1) is 22.4. The van der Waals surface area contributed by atoms with Crippen LogP contribution in [0.15, 0.2) is 109 Å². The Bertz CT molecular complexity index is 2260. The third-order valence-electron chi connectivity index (χ3n) is 9.65. The lowest BCUT2D eigenvalue weighted by atomic mass is 9.67. The summed E-state index contributed by atoms with van der Waals surface area (Å²) < 4.78 is 0. The molecule has 46 heavy (non-hydrogen) atoms. The second-order valence-electron chi connectivity index (χ2n) is 12.3. The van der Waals surface area contributed by atoms with Crippen molar-refractivity contribution in [2.24, 2.45) is 0 Å². The van der Waals surface area contributed by atoms with Crippen LogP contribution in [0.4, 0.5) is 16.5 Å². The molecule has 3 heterocycles. The fraction of sp³-hybridized carbons (Fsp3) is 0.100. The van der Waals surface area contributed by atoms with Gasteiger partial charge in [-0.15, -0.1) is 11.3 Å². The molecule has 3 aliphatic rings. The number of allylic oxidation sites excluding steroid dienone is 1. The van der Waals surface area contributed by atoms with Gasteiger partial charge in [-0.25, -0.2) is 9.97 Å². The third-order valence-corrected chi connectivity index (χ3v) is 10.7. The van der Waals surface area contributed by atoms with Crippen LogP contribution in [0.5, 0.6) is 0 Å². The van der Waals surface area contributed by atoms with Crippen LogP contribution in [0, 0.1) is 20.8 Å². The first kappa shape index (κ1) is 26.9. The van der Waals surface area contributed by atoms with Gasteiger partial charge in [0.25, 0.3) is 0 Å². The number of carbonyl (C=O) groups is 2. The first-order valence-corrected chi connectivity index (χ1v) is 16.1. The number of Topliss-reactive ketones (excluding diaryl/α,β-unsaturated/α-hetero) is 2. The van der Waals surface area contributed by atoms with Crippen molar-refractivity contribution in [3.63, 3.8) is 0 Å². The molecule has 9 rings (SSSR count). The molecule has 2 aromatic heterocycles. The van der Waals surface area contributed by atoms with E-state index in [4.69, 9.17) is 4.98 Å². The molecule has 2 aliphatic carbocycles. The minimum atomic E-state index is -0.692. The second kappa shape index (κ2) is 9.52. The van der Waals surface area contributed by atoms with Crippen LogP contribution < -0.4 is 4.90 Å². The molecule has 0 amide bonds. The standard InChI is InChI=1S/C40H27N3O2S/c1-22-16-23(2)35(24(3)17-22)43-38-34(20-41-21-42-38)40(31-14-8-6-10-26(31)27-11-7-9-15-32(27)40)33-19-25(46-39(33)43)18-30-36(44)28-12-4-5-13-29(28)37(30)45/h4-21H,1-3H3. The Labute approximate surface area is 270 Å². The van der Waals surface area contributed by atoms with E-state index >= 15 is 0 Å². The summed E-state index contributed by atoms with van der Waals surface area (Å²) >= 11 is 1.59. The molecule has 6 heteroatoms. The van der Waals surface area contributed by atoms with Crippen LogP contribution in [0.1, 0.15) is 64.5 Å². The summed E-state index contributed by atoms with van der Waals surface area (Å²) in [5.74, 6) is 0.370. The average Bonchev–Trinajstić information content (AvgIpc) is 3.69. The fourth-order valence-electron chi connectivity index (χ4n) is 8.01. The predicted molar refractivity (Wildman–Crippen MR) is 183 cm³/mol. The minimum Gasteiger partial charge on any atom is -0.288 e. The largest absolute Gasteiger partial charge is 0.288 e. The van der Waals surface area contributed by atoms with Crippen molar-refractivity contribution in [1.82, 2.24) is 9.97 Å². The van der Waals surface area contributed by atoms with E-state index < -0.39 is 5.41 Å². The van der Waals surface area contributed by atoms with Gasteiger partial charge in [0.15, 0.2) is 11.6 Å². The molecule has 1 spiro atoms. The van der Waals surface area contributed by atoms with Crippen molar-refractivity contribution in [2.45, 2.75) is 26.2 Å². The Morgan fingerprint density at radius 1 is 0.696 bits per heavy atom. The van der Waals surface area contributed by atoms with E-state index in [1.54, 1.807) is 48.0 Å². The normalized spacial score (nSPS) is 15.0. The van der Waals surface area contributed by atoms with Crippen molar-refractivity contribution >= 4 is 45.5 Å². The molecule has 6 aromatic rings. The summed E-state index contributed by atoms with van der Waals surface area (Å²) in [6.07, 6.45) is 5.38. The summed E-state index contributed by atoms with van der Waals surface area (Å²) in [6, 6.07) is 30.8. The number of ketones is 2. The number of benzene rings is 4. The molecule has 0 unspecified atom stereocenters. The van der Waals surface area contributed by atoms with Gasteiger partial charge in [-0.2, -0.15) is 0 Å². The maximum Gasteiger partial charge on any atom is 0.197 e. The Kier molecular flexibility index (Phi) is 5.57. The van der Waals surface area contributed by atoms with Crippen LogP contribution >= 0.6 is 11.3 Å². The molecule has 0 saturated heterocycles. The van der Waals surface area contributed by atoms with E-state index in [0.717, 1.165) is 43.6 Å². The van der Waals surface area contributed by atoms with Crippen molar-refractivity contribution in [2.75, 3.05) is 4.90 Å². The highest BCUT2D eigenvalue weighted by atomic mass is 32.1. The van der Waals surface area contributed by atoms with E-state index in [-0.39, 0.29) is 17.1 Å². The Morgan fingerprint density at radius 2 is 1.26 bits per heavy atom. The number of rotatable bonds is 2. The smallest absolute Gasteiger partial charge is 0.197 e. The molecular weight excluding hydrogens is 587 g/mol. The van der Waals surface area contributed by atoms with Gasteiger partial charge in [0.1, 0.15) is 17.1 Å². The van der Waals surface area contributed by atoms with Gasteiger partial charge < -0.3 is 0 Å². The summed E-state index contributed by atoms with van der Waals surface area (Å²) in [5.41, 5.74) is 11.8. The van der Waals surface area contributed by atoms with Crippen molar-refractivity contribution in [1.29, 1.82) is 0 Å². The summed E-state index contributed by atoms with van der Waals surface area (Å²) in [4.78, 5) is 39.7. The summed E-state index contributed by atoms with van der Waals surface area (Å²) in [5, 5.41) is 1.01. The van der Waals surface area contributed by atoms with Crippen LogP contribution in [-0.4, -0.2) is 21.5 Å². The molecule has 1 aliphatic heterocycles. The van der Waals surface area contributed by atoms with E-state index in [9.17, 15) is 9.59 Å². The van der Waals surface area contributed by atoms with E-state index in [2.05, 4.69) is 97.4 Å². The number of fused-ring (bicyclic) bond motifs is 10. The third kappa shape index (κ3) is 3.39. The maximum absolute atomic E-state index is 13.5. The lowest BCUT2D eigenvalue weighted by Gasteiger charge is -2.42. The molecule has 0 N–H and O–H groups in total. The van der Waals surface area contributed by atoms with Gasteiger partial charge in [-0.1, -0.05) is 90.5 Å². The van der Waals surface area contributed by atoms with Gasteiger partial charge in [-0.05, 0) is 66.3 Å². The number of aromatic nitrogens is 2. The molecule has 220 valence electrons. The lowest BCUT2D eigenvalue weighted by molar-refractivity contribution is 0.0990. The highest BCUT2D eigenvalue weighted by Gasteiger charge is 2.53. The minimum absolute atomic E-state index is 0.202. The maximum atomic E-state index is 13.5. The number of hydrogen-bond donors (Lipinski definition) is 0. The zero-order valence-corrected chi connectivity index (χ0v) is 26.3. The summed E-state index contributed by atoms with van der Waals surface area (Å²) in [6.45, 7) is 6.40. The SMILES string of the molecule is Cc1cc(C)c(N2c3ncncc3C3(c4ccccc4-c4ccccc43)c3cc(C=C4C(=O)c5ccccc5C4=O)sc32)c(C)c1. The van der Waals surface area contributed by atoms with Crippen molar-refractivity contribution in [3.8, 4) is 11.1 Å². The number of hydrogen-bond acceptors (Lipinski definition) is 6. The molecule has 5 nitrogen and oxygen atoms in total. The Morgan fingerprint density at radius 3 is 1.87 bits per heavy atom. The molecule has 0 radical (unpaired) electrons. The van der Waals surface area contributed by atoms with E-state index in [1.165, 1.54) is 27.8 Å². The van der Waals surface area contributed by atoms with Gasteiger partial charge in [0.05, 0.1) is 16.7 Å². The fourth-order valence-corrected chi connectivity index (χ4v) is 9.17. The quantitative estimate of drug-likeness (QED) is 0.144. The number of aryl methyl sites for hydroxylation is 3. The zero-order valence-electron chi connectivity index (χ0n) is 25.5. The Balaban J connectivity index is 1.38. The molecular formula is C40H27N3O2S. The van der Waals surface area contributed by atoms with Gasteiger partial charge in [-0.3, -0.25) is 14.5 Å². The van der Waals surface area contributed by atoms with E-state index in [1.807, 2.05) is 6.20 Å². The van der Waals surface area contributed by atoms with Crippen LogP contribution in [0.25, 0.3) is 17.2 Å². The molecule has 0 bridgehead atoms. The average molecular weight is 614 g/mol. The Hall–Kier alpha value is -5.46. The monoisotopic (exact) mass is 613 g/mol. The van der Waals surface area contributed by atoms with Gasteiger partial charge in [0, 0.05) is 33.3 Å². The van der Waals surface area contributed by atoms with E-state index in [0.29, 0.717) is 11.1 Å². The second-order valence-corrected chi connectivity index (χ2v) is 13.4. The predicted octanol–water partition coefficient (Wildman–Crippen LogP) is 9.07. The lowest BCUT2D eigenvalue weighted by Crippen LogP contribution is -2.36. The molecule has 0 saturated carbocycles. The molecule has 0 fully saturated rings. The molecule has 4 aromatic carbocycles. The number of carbonyl (C=O) groups excluding carboxylic acids is 2. The topological polar surface area (TPSA) is 63.2 Å². The number of anilines is 3. The zero-order chi connectivity index (χ0) is 31.3. The summed E-state index contributed by atoms with van der Waals surface area (Å²) in [7, 11) is 0. The number of thiophene rings is 1. The van der Waals surface area contributed by atoms with Crippen molar-refractivity contribution < 1.29 is 9.59 Å². The van der Waals surface area contributed by atoms with Crippen LogP contribution in [-0.2, 0) is 5.41 Å². The van der Waals surface area contributed by atoms with Gasteiger partial charge in [0.2, 0.25) is 0 Å². The highest BCUT2D eigenvalue weighted by molar-refractivity contribution is 7.17. The van der Waals surface area contributed by atoms with Crippen LogP contribution in [0.2, 0.25) is 0 Å². The number of nitrogens with zero attached hydrogens (tertiary/aromatic N) is 3. The van der Waals surface area contributed by atoms with Crippen molar-refractivity contribution in [3.05, 3.63) is 164 Å². The molecule has 0 atom stereocenters.